The molecule has 1 aromatic carbocycles. The highest BCUT2D eigenvalue weighted by Gasteiger charge is 2.21. The average molecular weight is 434 g/mol. The third kappa shape index (κ3) is 4.13. The van der Waals surface area contributed by atoms with E-state index in [1.165, 1.54) is 0 Å². The molecule has 7 nitrogen and oxygen atoms in total. The highest BCUT2D eigenvalue weighted by atomic mass is 79.9. The van der Waals surface area contributed by atoms with Crippen molar-refractivity contribution in [2.75, 3.05) is 13.2 Å². The lowest BCUT2D eigenvalue weighted by atomic mass is 10.2. The van der Waals surface area contributed by atoms with Crippen LogP contribution in [0.15, 0.2) is 47.1 Å². The largest absolute Gasteiger partial charge is 0.485 e. The predicted octanol–water partition coefficient (Wildman–Crippen LogP) is 2.07. The summed E-state index contributed by atoms with van der Waals surface area (Å²) in [6.45, 7) is 1.38. The molecule has 0 fully saturated rings. The molecule has 0 radical (unpaired) electrons. The van der Waals surface area contributed by atoms with E-state index in [9.17, 15) is 15.0 Å². The van der Waals surface area contributed by atoms with Crippen LogP contribution >= 0.6 is 15.9 Å². The number of imidazole rings is 1. The summed E-state index contributed by atoms with van der Waals surface area (Å²) in [6, 6.07) is 10.6. The molecule has 0 aliphatic heterocycles. The Morgan fingerprint density at radius 2 is 2.00 bits per heavy atom. The maximum absolute atomic E-state index is 12.6. The molecule has 0 atom stereocenters. The van der Waals surface area contributed by atoms with Crippen molar-refractivity contribution in [3.8, 4) is 5.75 Å². The number of pyridine rings is 1. The number of hydrogen-bond donors (Lipinski definition) is 3. The lowest BCUT2D eigenvalue weighted by Crippen LogP contribution is -2.40. The van der Waals surface area contributed by atoms with Crippen LogP contribution in [0, 0.1) is 6.92 Å². The van der Waals surface area contributed by atoms with Crippen molar-refractivity contribution in [3.05, 3.63) is 64.0 Å². The number of nitrogens with one attached hydrogen (secondary N) is 1. The molecule has 2 aromatic heterocycles. The fourth-order valence-electron chi connectivity index (χ4n) is 2.72. The van der Waals surface area contributed by atoms with Crippen molar-refractivity contribution in [1.29, 1.82) is 0 Å². The van der Waals surface area contributed by atoms with E-state index in [2.05, 4.69) is 26.2 Å². The van der Waals surface area contributed by atoms with Crippen molar-refractivity contribution in [1.82, 2.24) is 14.7 Å². The average Bonchev–Trinajstić information content (AvgIpc) is 3.01. The Balaban J connectivity index is 1.89. The van der Waals surface area contributed by atoms with Crippen molar-refractivity contribution in [2.45, 2.75) is 19.6 Å². The first kappa shape index (κ1) is 19.3. The van der Waals surface area contributed by atoms with Gasteiger partial charge in [0.2, 0.25) is 0 Å². The van der Waals surface area contributed by atoms with Crippen molar-refractivity contribution < 1.29 is 19.7 Å². The quantitative estimate of drug-likeness (QED) is 0.529. The predicted molar refractivity (Wildman–Crippen MR) is 104 cm³/mol. The lowest BCUT2D eigenvalue weighted by Gasteiger charge is -2.13. The minimum Gasteiger partial charge on any atom is -0.485 e. The number of halogens is 1. The van der Waals surface area contributed by atoms with Crippen molar-refractivity contribution in [3.63, 3.8) is 0 Å². The maximum Gasteiger partial charge on any atom is 0.270 e. The van der Waals surface area contributed by atoms with Gasteiger partial charge in [0.1, 0.15) is 12.3 Å². The molecule has 3 rings (SSSR count). The van der Waals surface area contributed by atoms with E-state index < -0.39 is 11.9 Å². The van der Waals surface area contributed by atoms with Gasteiger partial charge in [-0.3, -0.25) is 9.20 Å². The molecular weight excluding hydrogens is 414 g/mol. The van der Waals surface area contributed by atoms with Crippen LogP contribution in [0.3, 0.4) is 0 Å². The molecule has 27 heavy (non-hydrogen) atoms. The van der Waals surface area contributed by atoms with Gasteiger partial charge in [-0.05, 0) is 25.1 Å². The Morgan fingerprint density at radius 3 is 2.70 bits per heavy atom. The zero-order chi connectivity index (χ0) is 19.4. The molecular formula is C19H20BrN3O4. The normalized spacial score (nSPS) is 11.1. The summed E-state index contributed by atoms with van der Waals surface area (Å²) in [4.78, 5) is 17.0. The molecule has 0 unspecified atom stereocenters. The van der Waals surface area contributed by atoms with E-state index in [4.69, 9.17) is 4.74 Å². The Hall–Kier alpha value is -2.42. The highest BCUT2D eigenvalue weighted by molar-refractivity contribution is 9.10. The Kier molecular flexibility index (Phi) is 6.10. The summed E-state index contributed by atoms with van der Waals surface area (Å²) in [5.74, 6) is 0.132. The number of aromatic nitrogens is 2. The van der Waals surface area contributed by atoms with Crippen LogP contribution in [0.5, 0.6) is 5.75 Å². The number of carbonyl (C=O) groups is 1. The molecule has 0 aliphatic carbocycles. The SMILES string of the molecule is Cc1nc2c(OCc3ccccc3Br)cccn2c1C(=O)NC(CO)CO. The first-order valence-electron chi connectivity index (χ1n) is 8.41. The fourth-order valence-corrected chi connectivity index (χ4v) is 3.12. The summed E-state index contributed by atoms with van der Waals surface area (Å²) < 4.78 is 8.53. The summed E-state index contributed by atoms with van der Waals surface area (Å²) in [5, 5.41) is 20.9. The van der Waals surface area contributed by atoms with Crippen LogP contribution in [0.2, 0.25) is 0 Å². The van der Waals surface area contributed by atoms with Gasteiger partial charge >= 0.3 is 0 Å². The standard InChI is InChI=1S/C19H20BrN3O4/c1-12-17(19(26)22-14(9-24)10-25)23-8-4-7-16(18(23)21-12)27-11-13-5-2-3-6-15(13)20/h2-8,14,24-25H,9-11H2,1H3,(H,22,26). The van der Waals surface area contributed by atoms with Gasteiger partial charge in [-0.15, -0.1) is 0 Å². The van der Waals surface area contributed by atoms with Crippen molar-refractivity contribution >= 4 is 27.5 Å². The van der Waals surface area contributed by atoms with E-state index in [1.54, 1.807) is 29.7 Å². The second-order valence-corrected chi connectivity index (χ2v) is 6.88. The van der Waals surface area contributed by atoms with Crippen LogP contribution in [-0.4, -0.2) is 44.8 Å². The number of hydrogen-bond acceptors (Lipinski definition) is 5. The van der Waals surface area contributed by atoms with Gasteiger partial charge in [0.15, 0.2) is 11.4 Å². The molecule has 3 aromatic rings. The number of aryl methyl sites for hydroxylation is 1. The third-order valence-electron chi connectivity index (χ3n) is 4.12. The molecule has 0 saturated carbocycles. The van der Waals surface area contributed by atoms with Gasteiger partial charge in [0.25, 0.3) is 5.91 Å². The number of carbonyl (C=O) groups excluding carboxylic acids is 1. The molecule has 0 saturated heterocycles. The number of aliphatic hydroxyl groups is 2. The van der Waals surface area contributed by atoms with E-state index in [0.29, 0.717) is 29.4 Å². The molecule has 1 amide bonds. The van der Waals surface area contributed by atoms with E-state index >= 15 is 0 Å². The fraction of sp³-hybridized carbons (Fsp3) is 0.263. The minimum absolute atomic E-state index is 0.336. The van der Waals surface area contributed by atoms with Crippen LogP contribution in [0.1, 0.15) is 21.7 Å². The maximum atomic E-state index is 12.6. The number of ether oxygens (including phenoxy) is 1. The molecule has 0 bridgehead atoms. The van der Waals surface area contributed by atoms with E-state index in [1.807, 2.05) is 24.3 Å². The molecule has 3 N–H and O–H groups in total. The molecule has 0 spiro atoms. The monoisotopic (exact) mass is 433 g/mol. The van der Waals surface area contributed by atoms with Crippen molar-refractivity contribution in [2.24, 2.45) is 0 Å². The molecule has 2 heterocycles. The third-order valence-corrected chi connectivity index (χ3v) is 4.89. The molecule has 142 valence electrons. The second-order valence-electron chi connectivity index (χ2n) is 6.03. The topological polar surface area (TPSA) is 96.1 Å². The number of benzene rings is 1. The first-order chi connectivity index (χ1) is 13.0. The summed E-state index contributed by atoms with van der Waals surface area (Å²) >= 11 is 3.50. The van der Waals surface area contributed by atoms with Gasteiger partial charge in [-0.1, -0.05) is 34.1 Å². The van der Waals surface area contributed by atoms with E-state index in [-0.39, 0.29) is 13.2 Å². The summed E-state index contributed by atoms with van der Waals surface area (Å²) in [6.07, 6.45) is 1.72. The Bertz CT molecular complexity index is 953. The van der Waals surface area contributed by atoms with Crippen LogP contribution in [0.4, 0.5) is 0 Å². The Labute approximate surface area is 164 Å². The second kappa shape index (κ2) is 8.51. The van der Waals surface area contributed by atoms with Gasteiger partial charge < -0.3 is 20.3 Å². The zero-order valence-electron chi connectivity index (χ0n) is 14.7. The summed E-state index contributed by atoms with van der Waals surface area (Å²) in [5.41, 5.74) is 2.38. The number of aliphatic hydroxyl groups excluding tert-OH is 2. The van der Waals surface area contributed by atoms with Gasteiger partial charge in [0, 0.05) is 16.2 Å². The van der Waals surface area contributed by atoms with Gasteiger partial charge in [0.05, 0.1) is 24.9 Å². The minimum atomic E-state index is -0.725. The smallest absolute Gasteiger partial charge is 0.270 e. The van der Waals surface area contributed by atoms with Gasteiger partial charge in [-0.25, -0.2) is 4.98 Å². The Morgan fingerprint density at radius 1 is 1.26 bits per heavy atom. The first-order valence-corrected chi connectivity index (χ1v) is 9.21. The number of rotatable bonds is 7. The number of fused-ring (bicyclic) bond motifs is 1. The zero-order valence-corrected chi connectivity index (χ0v) is 16.3. The number of nitrogens with zero attached hydrogens (tertiary/aromatic N) is 2. The van der Waals surface area contributed by atoms with Crippen LogP contribution < -0.4 is 10.1 Å². The number of amides is 1. The highest BCUT2D eigenvalue weighted by Crippen LogP contribution is 2.24. The van der Waals surface area contributed by atoms with E-state index in [0.717, 1.165) is 10.0 Å². The lowest BCUT2D eigenvalue weighted by molar-refractivity contribution is 0.0873. The van der Waals surface area contributed by atoms with Crippen LogP contribution in [0.25, 0.3) is 5.65 Å². The molecule has 0 aliphatic rings. The summed E-state index contributed by atoms with van der Waals surface area (Å²) in [7, 11) is 0. The molecule has 8 heteroatoms. The van der Waals surface area contributed by atoms with Gasteiger partial charge in [-0.2, -0.15) is 0 Å². The van der Waals surface area contributed by atoms with Crippen LogP contribution in [-0.2, 0) is 6.61 Å².